The van der Waals surface area contributed by atoms with E-state index in [4.69, 9.17) is 4.74 Å². The highest BCUT2D eigenvalue weighted by Gasteiger charge is 2.18. The topological polar surface area (TPSA) is 164 Å². The van der Waals surface area contributed by atoms with Crippen LogP contribution in [0.4, 0.5) is 11.4 Å². The molecule has 0 aliphatic rings. The Morgan fingerprint density at radius 2 is 1.70 bits per heavy atom. The van der Waals surface area contributed by atoms with Crippen LogP contribution < -0.4 is 16.6 Å². The summed E-state index contributed by atoms with van der Waals surface area (Å²) < 4.78 is 5.00. The molecule has 0 spiro atoms. The second-order valence-electron chi connectivity index (χ2n) is 6.87. The van der Waals surface area contributed by atoms with Crippen LogP contribution in [0, 0.1) is 17.0 Å². The minimum atomic E-state index is -1.12. The number of nitrogens with zero attached hydrogens (tertiary/aromatic N) is 1. The Morgan fingerprint density at radius 3 is 2.33 bits per heavy atom. The van der Waals surface area contributed by atoms with Crippen molar-refractivity contribution in [3.8, 4) is 0 Å². The van der Waals surface area contributed by atoms with Gasteiger partial charge in [-0.1, -0.05) is 35.9 Å². The lowest BCUT2D eigenvalue weighted by Crippen LogP contribution is -2.25. The predicted octanol–water partition coefficient (Wildman–Crippen LogP) is 2.25. The Labute approximate surface area is 185 Å². The van der Waals surface area contributed by atoms with Crippen LogP contribution in [0.1, 0.15) is 27.2 Å². The van der Waals surface area contributed by atoms with E-state index < -0.39 is 40.3 Å². The van der Waals surface area contributed by atoms with Gasteiger partial charge in [-0.25, -0.2) is 9.59 Å². The molecule has 1 amide bonds. The van der Waals surface area contributed by atoms with Gasteiger partial charge in [-0.15, -0.1) is 0 Å². The first-order chi connectivity index (χ1) is 15.7. The summed E-state index contributed by atoms with van der Waals surface area (Å²) >= 11 is 0. The summed E-state index contributed by atoms with van der Waals surface area (Å²) in [6, 6.07) is 13.1. The summed E-state index contributed by atoms with van der Waals surface area (Å²) in [6.07, 6.45) is 2.62. The highest BCUT2D eigenvalue weighted by molar-refractivity contribution is 5.95. The van der Waals surface area contributed by atoms with Gasteiger partial charge in [0.25, 0.3) is 5.91 Å². The van der Waals surface area contributed by atoms with E-state index in [2.05, 4.69) is 10.3 Å². The van der Waals surface area contributed by atoms with Crippen molar-refractivity contribution in [2.24, 2.45) is 0 Å². The molecule has 2 aromatic carbocycles. The summed E-state index contributed by atoms with van der Waals surface area (Å²) in [4.78, 5) is 61.3. The number of nitro groups is 1. The molecule has 11 nitrogen and oxygen atoms in total. The SMILES string of the molecule is Cc1ccc(NC(=O)COC(=O)c2ccc(/C=C/c3[nH]c(=O)[nH]c(=O)c3[N+](=O)[O-])cc2)cc1. The quantitative estimate of drug-likeness (QED) is 0.282. The predicted molar refractivity (Wildman–Crippen MR) is 120 cm³/mol. The largest absolute Gasteiger partial charge is 0.452 e. The molecule has 0 aliphatic heterocycles. The van der Waals surface area contributed by atoms with Crippen LogP contribution in [0.5, 0.6) is 0 Å². The maximum absolute atomic E-state index is 12.2. The molecule has 1 aromatic heterocycles. The lowest BCUT2D eigenvalue weighted by Gasteiger charge is -2.07. The van der Waals surface area contributed by atoms with E-state index in [0.29, 0.717) is 11.3 Å². The summed E-state index contributed by atoms with van der Waals surface area (Å²) in [5, 5.41) is 13.7. The molecule has 0 aliphatic carbocycles. The van der Waals surface area contributed by atoms with Crippen molar-refractivity contribution in [2.45, 2.75) is 6.92 Å². The first kappa shape index (κ1) is 22.9. The van der Waals surface area contributed by atoms with Gasteiger partial charge in [0, 0.05) is 5.69 Å². The van der Waals surface area contributed by atoms with Gasteiger partial charge in [-0.3, -0.25) is 24.7 Å². The minimum Gasteiger partial charge on any atom is -0.452 e. The van der Waals surface area contributed by atoms with Crippen molar-refractivity contribution in [2.75, 3.05) is 11.9 Å². The van der Waals surface area contributed by atoms with Crippen LogP contribution >= 0.6 is 0 Å². The molecular weight excluding hydrogens is 432 g/mol. The van der Waals surface area contributed by atoms with Gasteiger partial charge in [0.2, 0.25) is 0 Å². The van der Waals surface area contributed by atoms with Gasteiger partial charge in [-0.2, -0.15) is 0 Å². The van der Waals surface area contributed by atoms with Crippen LogP contribution in [0.25, 0.3) is 12.2 Å². The van der Waals surface area contributed by atoms with E-state index in [-0.39, 0.29) is 11.3 Å². The molecule has 0 bridgehead atoms. The van der Waals surface area contributed by atoms with E-state index in [1.165, 1.54) is 36.4 Å². The van der Waals surface area contributed by atoms with Crippen LogP contribution in [0.3, 0.4) is 0 Å². The molecule has 0 saturated heterocycles. The van der Waals surface area contributed by atoms with Gasteiger partial charge >= 0.3 is 22.9 Å². The second-order valence-corrected chi connectivity index (χ2v) is 6.87. The van der Waals surface area contributed by atoms with Crippen LogP contribution in [-0.2, 0) is 9.53 Å². The summed E-state index contributed by atoms with van der Waals surface area (Å²) in [6.45, 7) is 1.45. The summed E-state index contributed by atoms with van der Waals surface area (Å²) in [7, 11) is 0. The molecule has 0 fully saturated rings. The number of amides is 1. The molecule has 3 rings (SSSR count). The van der Waals surface area contributed by atoms with Crippen LogP contribution in [0.2, 0.25) is 0 Å². The fourth-order valence-electron chi connectivity index (χ4n) is 2.76. The third-order valence-electron chi connectivity index (χ3n) is 4.39. The van der Waals surface area contributed by atoms with E-state index in [1.807, 2.05) is 19.1 Å². The van der Waals surface area contributed by atoms with E-state index in [1.54, 1.807) is 17.1 Å². The molecule has 168 valence electrons. The van der Waals surface area contributed by atoms with Gasteiger partial charge < -0.3 is 15.0 Å². The number of aromatic amines is 2. The Kier molecular flexibility index (Phi) is 6.94. The fraction of sp³-hybridized carbons (Fsp3) is 0.0909. The first-order valence-corrected chi connectivity index (χ1v) is 9.56. The number of ether oxygens (including phenoxy) is 1. The number of aromatic nitrogens is 2. The van der Waals surface area contributed by atoms with Gasteiger partial charge in [0.1, 0.15) is 5.69 Å². The molecule has 0 radical (unpaired) electrons. The van der Waals surface area contributed by atoms with E-state index in [9.17, 15) is 29.3 Å². The molecule has 0 saturated carbocycles. The molecular formula is C22H18N4O7. The number of benzene rings is 2. The highest BCUT2D eigenvalue weighted by Crippen LogP contribution is 2.14. The average Bonchev–Trinajstić information content (AvgIpc) is 2.77. The smallest absolute Gasteiger partial charge is 0.357 e. The number of carbonyl (C=O) groups excluding carboxylic acids is 2. The molecule has 1 heterocycles. The van der Waals surface area contributed by atoms with Crippen molar-refractivity contribution in [3.05, 3.63) is 102 Å². The normalized spacial score (nSPS) is 10.7. The number of H-pyrrole nitrogens is 2. The number of anilines is 1. The minimum absolute atomic E-state index is 0.186. The number of esters is 1. The molecule has 33 heavy (non-hydrogen) atoms. The van der Waals surface area contributed by atoms with Crippen molar-refractivity contribution in [1.82, 2.24) is 9.97 Å². The van der Waals surface area contributed by atoms with E-state index in [0.717, 1.165) is 5.56 Å². The van der Waals surface area contributed by atoms with Crippen molar-refractivity contribution in [3.63, 3.8) is 0 Å². The zero-order valence-electron chi connectivity index (χ0n) is 17.3. The Balaban J connectivity index is 1.62. The van der Waals surface area contributed by atoms with Crippen molar-refractivity contribution in [1.29, 1.82) is 0 Å². The van der Waals surface area contributed by atoms with Crippen molar-refractivity contribution < 1.29 is 19.2 Å². The average molecular weight is 450 g/mol. The standard InChI is InChI=1S/C22H18N4O7/c1-13-2-9-16(10-3-13)23-18(27)12-33-21(29)15-7-4-14(5-8-15)6-11-17-19(26(31)32)20(28)25-22(30)24-17/h2-11H,12H2,1H3,(H,23,27)(H2,24,25,28,30)/b11-6+. The monoisotopic (exact) mass is 450 g/mol. The first-order valence-electron chi connectivity index (χ1n) is 9.56. The van der Waals surface area contributed by atoms with E-state index >= 15 is 0 Å². The van der Waals surface area contributed by atoms with Gasteiger partial charge in [0.15, 0.2) is 6.61 Å². The number of rotatable bonds is 7. The highest BCUT2D eigenvalue weighted by atomic mass is 16.6. The number of hydrogen-bond donors (Lipinski definition) is 3. The number of aryl methyl sites for hydroxylation is 1. The van der Waals surface area contributed by atoms with Crippen LogP contribution in [0.15, 0.2) is 58.1 Å². The third kappa shape index (κ3) is 6.10. The van der Waals surface area contributed by atoms with Gasteiger partial charge in [-0.05, 0) is 42.8 Å². The summed E-state index contributed by atoms with van der Waals surface area (Å²) in [5.41, 5.74) is -0.721. The molecule has 11 heteroatoms. The lowest BCUT2D eigenvalue weighted by molar-refractivity contribution is -0.386. The number of hydrogen-bond acceptors (Lipinski definition) is 7. The van der Waals surface area contributed by atoms with Crippen LogP contribution in [-0.4, -0.2) is 33.4 Å². The fourth-order valence-corrected chi connectivity index (χ4v) is 2.76. The second kappa shape index (κ2) is 10.0. The summed E-state index contributed by atoms with van der Waals surface area (Å²) in [5.74, 6) is -1.20. The molecule has 3 aromatic rings. The molecule has 0 atom stereocenters. The number of nitrogens with one attached hydrogen (secondary N) is 3. The van der Waals surface area contributed by atoms with Gasteiger partial charge in [0.05, 0.1) is 10.5 Å². The maximum atomic E-state index is 12.2. The molecule has 0 unspecified atom stereocenters. The lowest BCUT2D eigenvalue weighted by atomic mass is 10.1. The van der Waals surface area contributed by atoms with Crippen molar-refractivity contribution >= 4 is 35.4 Å². The Bertz CT molecular complexity index is 1340. The zero-order chi connectivity index (χ0) is 24.0. The Morgan fingerprint density at radius 1 is 1.03 bits per heavy atom. The zero-order valence-corrected chi connectivity index (χ0v) is 17.3. The molecule has 3 N–H and O–H groups in total. The Hall–Kier alpha value is -4.80. The third-order valence-corrected chi connectivity index (χ3v) is 4.39. The number of carbonyl (C=O) groups is 2. The maximum Gasteiger partial charge on any atom is 0.357 e.